The van der Waals surface area contributed by atoms with Gasteiger partial charge in [-0.2, -0.15) is 10.5 Å². The van der Waals surface area contributed by atoms with E-state index in [2.05, 4.69) is 26.0 Å². The molecule has 1 N–H and O–H groups in total. The second-order valence-electron chi connectivity index (χ2n) is 8.51. The van der Waals surface area contributed by atoms with Crippen LogP contribution in [0.15, 0.2) is 42.0 Å². The van der Waals surface area contributed by atoms with Gasteiger partial charge in [0.1, 0.15) is 6.07 Å². The number of aliphatic hydroxyl groups is 1. The Bertz CT molecular complexity index is 1090. The fraction of sp³-hybridized carbons (Fsp3) is 0.409. The molecule has 0 amide bonds. The molecule has 1 saturated carbocycles. The van der Waals surface area contributed by atoms with Crippen LogP contribution in [0.2, 0.25) is 0 Å². The minimum Gasteiger partial charge on any atom is -0.387 e. The molecule has 134 valence electrons. The van der Waals surface area contributed by atoms with Gasteiger partial charge in [-0.05, 0) is 43.7 Å². The second-order valence-corrected chi connectivity index (χ2v) is 8.51. The Hall–Kier alpha value is -2.89. The van der Waals surface area contributed by atoms with Crippen molar-refractivity contribution in [3.05, 3.63) is 59.2 Å². The molecule has 1 aromatic heterocycles. The molecule has 2 aromatic rings. The van der Waals surface area contributed by atoms with Crippen LogP contribution in [0.25, 0.3) is 5.69 Å². The first kappa shape index (κ1) is 16.3. The highest BCUT2D eigenvalue weighted by atomic mass is 16.3. The first-order valence-electron chi connectivity index (χ1n) is 9.30. The summed E-state index contributed by atoms with van der Waals surface area (Å²) in [5.41, 5.74) is 2.43. The first-order valence-corrected chi connectivity index (χ1v) is 9.30. The SMILES string of the molecule is CC12C[C@]13CCc1c(nc(C#N)n1-c1ccccc1)[C@@]3(C)C=C(C#N)C2O. The molecule has 1 fully saturated rings. The Balaban J connectivity index is 1.79. The van der Waals surface area contributed by atoms with Gasteiger partial charge in [0, 0.05) is 22.2 Å². The van der Waals surface area contributed by atoms with Crippen molar-refractivity contribution in [1.82, 2.24) is 9.55 Å². The zero-order valence-electron chi connectivity index (χ0n) is 15.4. The summed E-state index contributed by atoms with van der Waals surface area (Å²) in [6, 6.07) is 14.3. The zero-order valence-corrected chi connectivity index (χ0v) is 15.4. The number of allylic oxidation sites excluding steroid dienone is 1. The van der Waals surface area contributed by atoms with Crippen LogP contribution in [-0.2, 0) is 11.8 Å². The van der Waals surface area contributed by atoms with Crippen molar-refractivity contribution < 1.29 is 5.11 Å². The van der Waals surface area contributed by atoms with Crippen LogP contribution in [0.3, 0.4) is 0 Å². The molecule has 3 aliphatic carbocycles. The van der Waals surface area contributed by atoms with Gasteiger partial charge in [0.2, 0.25) is 5.82 Å². The number of fused-ring (bicyclic) bond motifs is 2. The average Bonchev–Trinajstić information content (AvgIpc) is 3.14. The predicted molar refractivity (Wildman–Crippen MR) is 98.8 cm³/mol. The van der Waals surface area contributed by atoms with Crippen molar-refractivity contribution in [2.45, 2.75) is 44.6 Å². The smallest absolute Gasteiger partial charge is 0.217 e. The lowest BCUT2D eigenvalue weighted by Gasteiger charge is -2.46. The first-order chi connectivity index (χ1) is 12.9. The third kappa shape index (κ3) is 1.69. The van der Waals surface area contributed by atoms with Crippen LogP contribution in [0.4, 0.5) is 0 Å². The summed E-state index contributed by atoms with van der Waals surface area (Å²) in [5, 5.41) is 30.1. The minimum atomic E-state index is -0.719. The number of hydrogen-bond acceptors (Lipinski definition) is 4. The molecule has 0 saturated heterocycles. The van der Waals surface area contributed by atoms with Gasteiger partial charge in [0.15, 0.2) is 0 Å². The Morgan fingerprint density at radius 3 is 2.59 bits per heavy atom. The summed E-state index contributed by atoms with van der Waals surface area (Å²) in [6.45, 7) is 4.22. The highest BCUT2D eigenvalue weighted by Gasteiger charge is 2.78. The summed E-state index contributed by atoms with van der Waals surface area (Å²) in [6.07, 6.45) is 3.81. The van der Waals surface area contributed by atoms with Crippen molar-refractivity contribution in [3.63, 3.8) is 0 Å². The molecule has 5 nitrogen and oxygen atoms in total. The van der Waals surface area contributed by atoms with Crippen LogP contribution in [-0.4, -0.2) is 20.8 Å². The second kappa shape index (κ2) is 4.88. The summed E-state index contributed by atoms with van der Waals surface area (Å²) in [4.78, 5) is 4.76. The van der Waals surface area contributed by atoms with Crippen molar-refractivity contribution in [2.75, 3.05) is 0 Å². The summed E-state index contributed by atoms with van der Waals surface area (Å²) in [7, 11) is 0. The number of rotatable bonds is 1. The molecule has 0 bridgehead atoms. The van der Waals surface area contributed by atoms with Crippen molar-refractivity contribution in [3.8, 4) is 17.8 Å². The molecule has 1 spiro atoms. The van der Waals surface area contributed by atoms with Crippen LogP contribution >= 0.6 is 0 Å². The fourth-order valence-electron chi connectivity index (χ4n) is 5.97. The Morgan fingerprint density at radius 1 is 1.19 bits per heavy atom. The van der Waals surface area contributed by atoms with Gasteiger partial charge in [-0.25, -0.2) is 4.98 Å². The number of para-hydroxylation sites is 1. The molecule has 0 aliphatic heterocycles. The highest BCUT2D eigenvalue weighted by molar-refractivity contribution is 5.54. The molecular formula is C22H20N4O. The molecule has 1 aromatic carbocycles. The van der Waals surface area contributed by atoms with Gasteiger partial charge in [-0.1, -0.05) is 31.2 Å². The summed E-state index contributed by atoms with van der Waals surface area (Å²) >= 11 is 0. The van der Waals surface area contributed by atoms with E-state index in [0.29, 0.717) is 11.4 Å². The Kier molecular flexibility index (Phi) is 2.95. The topological polar surface area (TPSA) is 85.6 Å². The van der Waals surface area contributed by atoms with E-state index in [1.165, 1.54) is 0 Å². The molecule has 1 heterocycles. The standard InChI is InChI=1S/C22H20N4O/c1-20-10-14(11-23)19(27)21(2)13-22(20,21)9-8-16-18(20)25-17(12-24)26(16)15-6-4-3-5-7-15/h3-7,10,19,27H,8-9,13H2,1-2H3/t19?,20-,21?,22+/m1/s1. The maximum absolute atomic E-state index is 10.7. The lowest BCUT2D eigenvalue weighted by Crippen LogP contribution is -2.47. The monoisotopic (exact) mass is 356 g/mol. The number of nitriles is 2. The normalized spacial score (nSPS) is 35.7. The van der Waals surface area contributed by atoms with E-state index in [0.717, 1.165) is 36.3 Å². The van der Waals surface area contributed by atoms with Gasteiger partial charge in [0.05, 0.1) is 23.4 Å². The molecule has 27 heavy (non-hydrogen) atoms. The van der Waals surface area contributed by atoms with Gasteiger partial charge in [0.25, 0.3) is 0 Å². The lowest BCUT2D eigenvalue weighted by atomic mass is 9.57. The van der Waals surface area contributed by atoms with E-state index < -0.39 is 11.5 Å². The largest absolute Gasteiger partial charge is 0.387 e. The van der Waals surface area contributed by atoms with Crippen LogP contribution in [0.1, 0.15) is 43.9 Å². The number of aliphatic hydroxyl groups excluding tert-OH is 1. The van der Waals surface area contributed by atoms with Crippen LogP contribution < -0.4 is 0 Å². The van der Waals surface area contributed by atoms with E-state index in [-0.39, 0.29) is 10.8 Å². The van der Waals surface area contributed by atoms with Crippen molar-refractivity contribution >= 4 is 0 Å². The summed E-state index contributed by atoms with van der Waals surface area (Å²) in [5.74, 6) is 0.379. The van der Waals surface area contributed by atoms with Gasteiger partial charge >= 0.3 is 0 Å². The van der Waals surface area contributed by atoms with Gasteiger partial charge in [-0.3, -0.25) is 4.57 Å². The third-order valence-corrected chi connectivity index (χ3v) is 7.47. The third-order valence-electron chi connectivity index (χ3n) is 7.47. The quantitative estimate of drug-likeness (QED) is 0.850. The molecule has 0 radical (unpaired) electrons. The zero-order chi connectivity index (χ0) is 19.0. The number of nitrogens with zero attached hydrogens (tertiary/aromatic N) is 4. The van der Waals surface area contributed by atoms with E-state index in [1.807, 2.05) is 41.0 Å². The summed E-state index contributed by atoms with van der Waals surface area (Å²) < 4.78 is 1.96. The molecular weight excluding hydrogens is 336 g/mol. The lowest BCUT2D eigenvalue weighted by molar-refractivity contribution is 0.0662. The van der Waals surface area contributed by atoms with E-state index in [4.69, 9.17) is 4.98 Å². The maximum Gasteiger partial charge on any atom is 0.217 e. The van der Waals surface area contributed by atoms with Crippen LogP contribution in [0.5, 0.6) is 0 Å². The van der Waals surface area contributed by atoms with Crippen molar-refractivity contribution in [2.24, 2.45) is 10.8 Å². The van der Waals surface area contributed by atoms with Gasteiger partial charge in [-0.15, -0.1) is 0 Å². The number of aromatic nitrogens is 2. The Labute approximate surface area is 158 Å². The predicted octanol–water partition coefficient (Wildman–Crippen LogP) is 3.17. The van der Waals surface area contributed by atoms with E-state index >= 15 is 0 Å². The molecule has 5 heteroatoms. The molecule has 4 atom stereocenters. The number of imidazole rings is 1. The molecule has 2 unspecified atom stereocenters. The molecule has 5 rings (SSSR count). The number of benzene rings is 1. The average molecular weight is 356 g/mol. The maximum atomic E-state index is 10.7. The Morgan fingerprint density at radius 2 is 1.93 bits per heavy atom. The molecule has 3 aliphatic rings. The van der Waals surface area contributed by atoms with Gasteiger partial charge < -0.3 is 5.11 Å². The number of hydrogen-bond donors (Lipinski definition) is 1. The van der Waals surface area contributed by atoms with E-state index in [1.54, 1.807) is 0 Å². The highest BCUT2D eigenvalue weighted by Crippen LogP contribution is 2.79. The van der Waals surface area contributed by atoms with E-state index in [9.17, 15) is 15.6 Å². The fourth-order valence-corrected chi connectivity index (χ4v) is 5.97. The van der Waals surface area contributed by atoms with Crippen molar-refractivity contribution in [1.29, 1.82) is 10.5 Å². The van der Waals surface area contributed by atoms with Crippen LogP contribution in [0, 0.1) is 33.5 Å². The minimum absolute atomic E-state index is 0.102.